The average molecular weight is 345 g/mol. The number of hydrogen-bond donors (Lipinski definition) is 2. The summed E-state index contributed by atoms with van der Waals surface area (Å²) in [6.07, 6.45) is 5.05. The Kier molecular flexibility index (Phi) is 5.55. The van der Waals surface area contributed by atoms with Crippen LogP contribution in [0, 0.1) is 6.92 Å². The molecule has 6 nitrogen and oxygen atoms in total. The zero-order valence-electron chi connectivity index (χ0n) is 13.9. The van der Waals surface area contributed by atoms with Crippen LogP contribution in [-0.2, 0) is 24.2 Å². The van der Waals surface area contributed by atoms with Gasteiger partial charge in [-0.1, -0.05) is 6.07 Å². The lowest BCUT2D eigenvalue weighted by Crippen LogP contribution is -2.51. The van der Waals surface area contributed by atoms with Crippen molar-refractivity contribution >= 4 is 17.2 Å². The van der Waals surface area contributed by atoms with Gasteiger partial charge in [-0.3, -0.25) is 14.7 Å². The topological polar surface area (TPSA) is 84.1 Å². The predicted molar refractivity (Wildman–Crippen MR) is 94.8 cm³/mol. The molecule has 0 saturated carbocycles. The summed E-state index contributed by atoms with van der Waals surface area (Å²) in [5.41, 5.74) is 7.54. The number of thiazole rings is 1. The fourth-order valence-electron chi connectivity index (χ4n) is 2.95. The van der Waals surface area contributed by atoms with Crippen LogP contribution in [0.2, 0.25) is 0 Å². The number of aromatic nitrogens is 2. The second-order valence-corrected chi connectivity index (χ2v) is 7.46. The number of nitrogens with one attached hydrogen (secondary N) is 1. The summed E-state index contributed by atoms with van der Waals surface area (Å²) in [6.45, 7) is 5.88. The second-order valence-electron chi connectivity index (χ2n) is 6.26. The third-order valence-electron chi connectivity index (χ3n) is 4.10. The van der Waals surface area contributed by atoms with E-state index in [1.807, 2.05) is 19.3 Å². The molecule has 2 aromatic rings. The first-order chi connectivity index (χ1) is 11.6. The number of piperazine rings is 1. The number of nitrogens with zero attached hydrogens (tertiary/aromatic N) is 3. The summed E-state index contributed by atoms with van der Waals surface area (Å²) in [4.78, 5) is 23.2. The van der Waals surface area contributed by atoms with E-state index in [4.69, 9.17) is 5.73 Å². The van der Waals surface area contributed by atoms with E-state index < -0.39 is 0 Å². The third kappa shape index (κ3) is 4.83. The van der Waals surface area contributed by atoms with Crippen LogP contribution in [0.1, 0.15) is 21.1 Å². The van der Waals surface area contributed by atoms with Gasteiger partial charge in [0.25, 0.3) is 0 Å². The number of amides is 1. The highest BCUT2D eigenvalue weighted by molar-refractivity contribution is 7.11. The van der Waals surface area contributed by atoms with E-state index >= 15 is 0 Å². The van der Waals surface area contributed by atoms with Gasteiger partial charge in [0, 0.05) is 55.2 Å². The van der Waals surface area contributed by atoms with Crippen molar-refractivity contribution in [3.05, 3.63) is 45.7 Å². The van der Waals surface area contributed by atoms with Crippen LogP contribution in [0.3, 0.4) is 0 Å². The SMILES string of the molecule is Cc1ccc(CC2CN(Cc3cnc(CC(N)=O)s3)CCN2)cn1. The van der Waals surface area contributed by atoms with E-state index in [1.165, 1.54) is 10.4 Å². The van der Waals surface area contributed by atoms with Gasteiger partial charge in [0.1, 0.15) is 5.01 Å². The van der Waals surface area contributed by atoms with Gasteiger partial charge in [-0.05, 0) is 25.0 Å². The van der Waals surface area contributed by atoms with Crippen molar-refractivity contribution in [3.63, 3.8) is 0 Å². The van der Waals surface area contributed by atoms with Gasteiger partial charge in [-0.2, -0.15) is 0 Å². The zero-order chi connectivity index (χ0) is 16.9. The Morgan fingerprint density at radius 2 is 2.29 bits per heavy atom. The van der Waals surface area contributed by atoms with Crippen molar-refractivity contribution < 1.29 is 4.79 Å². The highest BCUT2D eigenvalue weighted by Crippen LogP contribution is 2.17. The molecule has 0 spiro atoms. The number of hydrogen-bond acceptors (Lipinski definition) is 6. The van der Waals surface area contributed by atoms with Crippen LogP contribution in [0.15, 0.2) is 24.5 Å². The van der Waals surface area contributed by atoms with Crippen LogP contribution in [0.25, 0.3) is 0 Å². The quantitative estimate of drug-likeness (QED) is 0.812. The Bertz CT molecular complexity index is 685. The Morgan fingerprint density at radius 3 is 3.04 bits per heavy atom. The minimum Gasteiger partial charge on any atom is -0.369 e. The van der Waals surface area contributed by atoms with Gasteiger partial charge < -0.3 is 11.1 Å². The van der Waals surface area contributed by atoms with E-state index in [1.54, 1.807) is 11.3 Å². The van der Waals surface area contributed by atoms with E-state index in [9.17, 15) is 4.79 Å². The maximum Gasteiger partial charge on any atom is 0.224 e. The molecule has 1 fully saturated rings. The molecule has 0 radical (unpaired) electrons. The fourth-order valence-corrected chi connectivity index (χ4v) is 3.93. The molecular formula is C17H23N5OS. The minimum absolute atomic E-state index is 0.231. The van der Waals surface area contributed by atoms with Gasteiger partial charge in [0.15, 0.2) is 0 Å². The zero-order valence-corrected chi connectivity index (χ0v) is 14.7. The van der Waals surface area contributed by atoms with E-state index in [0.717, 1.165) is 43.3 Å². The number of aryl methyl sites for hydroxylation is 1. The molecule has 1 unspecified atom stereocenters. The molecule has 1 amide bonds. The number of nitrogens with two attached hydrogens (primary N) is 1. The smallest absolute Gasteiger partial charge is 0.224 e. The summed E-state index contributed by atoms with van der Waals surface area (Å²) in [5, 5.41) is 4.39. The summed E-state index contributed by atoms with van der Waals surface area (Å²) < 4.78 is 0. The highest BCUT2D eigenvalue weighted by Gasteiger charge is 2.20. The predicted octanol–water partition coefficient (Wildman–Crippen LogP) is 0.891. The molecule has 3 heterocycles. The standard InChI is InChI=1S/C17H23N5OS/c1-12-2-3-13(8-20-12)6-14-10-22(5-4-19-14)11-15-9-21-17(24-15)7-16(18)23/h2-3,8-9,14,19H,4-7,10-11H2,1H3,(H2,18,23). The molecule has 2 aromatic heterocycles. The Labute approximate surface area is 146 Å². The summed E-state index contributed by atoms with van der Waals surface area (Å²) >= 11 is 1.58. The van der Waals surface area contributed by atoms with Crippen molar-refractivity contribution in [2.75, 3.05) is 19.6 Å². The Hall–Kier alpha value is -1.83. The van der Waals surface area contributed by atoms with Gasteiger partial charge in [0.05, 0.1) is 6.42 Å². The molecule has 7 heteroatoms. The molecule has 0 bridgehead atoms. The maximum absolute atomic E-state index is 11.0. The number of primary amides is 1. The van der Waals surface area contributed by atoms with Crippen molar-refractivity contribution in [1.29, 1.82) is 0 Å². The van der Waals surface area contributed by atoms with Crippen LogP contribution in [-0.4, -0.2) is 46.5 Å². The largest absolute Gasteiger partial charge is 0.369 e. The van der Waals surface area contributed by atoms with Crippen LogP contribution in [0.4, 0.5) is 0 Å². The number of carbonyl (C=O) groups is 1. The van der Waals surface area contributed by atoms with E-state index in [2.05, 4.69) is 32.3 Å². The van der Waals surface area contributed by atoms with Gasteiger partial charge >= 0.3 is 0 Å². The molecular weight excluding hydrogens is 322 g/mol. The first kappa shape index (κ1) is 17.0. The number of rotatable bonds is 6. The molecule has 0 aromatic carbocycles. The highest BCUT2D eigenvalue weighted by atomic mass is 32.1. The summed E-state index contributed by atoms with van der Waals surface area (Å²) in [5.74, 6) is -0.329. The molecule has 128 valence electrons. The van der Waals surface area contributed by atoms with E-state index in [0.29, 0.717) is 6.04 Å². The molecule has 3 N–H and O–H groups in total. The molecule has 1 atom stereocenters. The molecule has 1 aliphatic rings. The first-order valence-corrected chi connectivity index (χ1v) is 8.99. The normalized spacial score (nSPS) is 18.6. The number of carbonyl (C=O) groups excluding carboxylic acids is 1. The van der Waals surface area contributed by atoms with Gasteiger partial charge in [-0.25, -0.2) is 4.98 Å². The second kappa shape index (κ2) is 7.83. The van der Waals surface area contributed by atoms with Crippen LogP contribution >= 0.6 is 11.3 Å². The van der Waals surface area contributed by atoms with Crippen molar-refractivity contribution in [1.82, 2.24) is 20.2 Å². The fraction of sp³-hybridized carbons (Fsp3) is 0.471. The first-order valence-electron chi connectivity index (χ1n) is 8.17. The summed E-state index contributed by atoms with van der Waals surface area (Å²) in [6, 6.07) is 4.65. The third-order valence-corrected chi connectivity index (χ3v) is 5.08. The van der Waals surface area contributed by atoms with E-state index in [-0.39, 0.29) is 12.3 Å². The number of pyridine rings is 1. The molecule has 1 saturated heterocycles. The van der Waals surface area contributed by atoms with Gasteiger partial charge in [0.2, 0.25) is 5.91 Å². The molecule has 3 rings (SSSR count). The van der Waals surface area contributed by atoms with Crippen LogP contribution < -0.4 is 11.1 Å². The van der Waals surface area contributed by atoms with Gasteiger partial charge in [-0.15, -0.1) is 11.3 Å². The van der Waals surface area contributed by atoms with Crippen molar-refractivity contribution in [3.8, 4) is 0 Å². The lowest BCUT2D eigenvalue weighted by Gasteiger charge is -2.33. The molecule has 0 aliphatic carbocycles. The van der Waals surface area contributed by atoms with Crippen molar-refractivity contribution in [2.24, 2.45) is 5.73 Å². The minimum atomic E-state index is -0.329. The molecule has 1 aliphatic heterocycles. The Balaban J connectivity index is 1.54. The average Bonchev–Trinajstić information content (AvgIpc) is 2.96. The lowest BCUT2D eigenvalue weighted by molar-refractivity contribution is -0.117. The molecule has 24 heavy (non-hydrogen) atoms. The van der Waals surface area contributed by atoms with Crippen LogP contribution in [0.5, 0.6) is 0 Å². The Morgan fingerprint density at radius 1 is 1.42 bits per heavy atom. The lowest BCUT2D eigenvalue weighted by atomic mass is 10.1. The summed E-state index contributed by atoms with van der Waals surface area (Å²) in [7, 11) is 0. The monoisotopic (exact) mass is 345 g/mol. The van der Waals surface area contributed by atoms with Crippen molar-refractivity contribution in [2.45, 2.75) is 32.4 Å². The maximum atomic E-state index is 11.0.